The van der Waals surface area contributed by atoms with Crippen molar-refractivity contribution in [2.75, 3.05) is 33.8 Å². The van der Waals surface area contributed by atoms with Crippen LogP contribution >= 0.6 is 0 Å². The van der Waals surface area contributed by atoms with Crippen LogP contribution in [0.3, 0.4) is 0 Å². The summed E-state index contributed by atoms with van der Waals surface area (Å²) in [6.07, 6.45) is 7.70. The van der Waals surface area contributed by atoms with Gasteiger partial charge in [0.1, 0.15) is 0 Å². The van der Waals surface area contributed by atoms with Gasteiger partial charge in [0.05, 0.1) is 13.2 Å². The molecule has 1 saturated heterocycles. The monoisotopic (exact) mass is 388 g/mol. The molecule has 1 aromatic carbocycles. The first-order chi connectivity index (χ1) is 13.7. The van der Waals surface area contributed by atoms with Crippen molar-refractivity contribution in [1.29, 1.82) is 0 Å². The lowest BCUT2D eigenvalue weighted by molar-refractivity contribution is 0.200. The Bertz CT molecular complexity index is 643. The van der Waals surface area contributed by atoms with Gasteiger partial charge in [0, 0.05) is 26.2 Å². The number of nitrogens with one attached hydrogen (secondary N) is 2. The Labute approximate surface area is 169 Å². The van der Waals surface area contributed by atoms with Gasteiger partial charge in [-0.05, 0) is 69.3 Å². The maximum absolute atomic E-state index is 6.13. The van der Waals surface area contributed by atoms with E-state index < -0.39 is 0 Å². The molecule has 1 aliphatic heterocycles. The smallest absolute Gasteiger partial charge is 0.191 e. The Morgan fingerprint density at radius 1 is 1.14 bits per heavy atom. The Balaban J connectivity index is 1.50. The predicted octanol–water partition coefficient (Wildman–Crippen LogP) is 3.17. The van der Waals surface area contributed by atoms with Crippen LogP contribution in [0, 0.1) is 0 Å². The minimum Gasteiger partial charge on any atom is -0.493 e. The Morgan fingerprint density at radius 2 is 1.96 bits per heavy atom. The van der Waals surface area contributed by atoms with Gasteiger partial charge >= 0.3 is 0 Å². The minimum atomic E-state index is 0.333. The number of likely N-dealkylation sites (N-methyl/N-ethyl adjacent to an activating group) is 1. The van der Waals surface area contributed by atoms with Crippen molar-refractivity contribution in [1.82, 2.24) is 15.5 Å². The molecule has 2 N–H and O–H groups in total. The number of hydrogen-bond acceptors (Lipinski definition) is 4. The van der Waals surface area contributed by atoms with E-state index >= 15 is 0 Å². The van der Waals surface area contributed by atoms with Crippen molar-refractivity contribution in [3.63, 3.8) is 0 Å². The van der Waals surface area contributed by atoms with Crippen molar-refractivity contribution in [3.8, 4) is 11.5 Å². The second-order valence-corrected chi connectivity index (χ2v) is 7.74. The molecule has 6 heteroatoms. The van der Waals surface area contributed by atoms with Crippen LogP contribution in [0.25, 0.3) is 0 Å². The first-order valence-corrected chi connectivity index (χ1v) is 10.8. The van der Waals surface area contributed by atoms with Crippen LogP contribution in [0.1, 0.15) is 51.0 Å². The summed E-state index contributed by atoms with van der Waals surface area (Å²) < 4.78 is 11.7. The number of nitrogens with zero attached hydrogens (tertiary/aromatic N) is 2. The summed E-state index contributed by atoms with van der Waals surface area (Å²) in [6, 6.07) is 6.79. The first kappa shape index (κ1) is 20.8. The number of hydrogen-bond donors (Lipinski definition) is 2. The van der Waals surface area contributed by atoms with E-state index in [-0.39, 0.29) is 0 Å². The zero-order valence-electron chi connectivity index (χ0n) is 17.7. The molecule has 3 rings (SSSR count). The van der Waals surface area contributed by atoms with Gasteiger partial charge in [0.25, 0.3) is 0 Å². The quantitative estimate of drug-likeness (QED) is 0.529. The van der Waals surface area contributed by atoms with Gasteiger partial charge in [-0.3, -0.25) is 9.89 Å². The summed E-state index contributed by atoms with van der Waals surface area (Å²) in [5, 5.41) is 6.89. The van der Waals surface area contributed by atoms with E-state index in [1.807, 2.05) is 13.1 Å². The highest BCUT2D eigenvalue weighted by molar-refractivity contribution is 5.79. The largest absolute Gasteiger partial charge is 0.493 e. The van der Waals surface area contributed by atoms with Gasteiger partial charge in [-0.2, -0.15) is 0 Å². The standard InChI is InChI=1S/C22H36N4O2/c1-4-26-13-7-8-18(26)16-25-22(23-2)24-15-17-11-12-20(21(14-17)27-3)28-19-9-5-6-10-19/h11-12,14,18-19H,4-10,13,15-16H2,1-3H3,(H2,23,24,25). The molecule has 0 aromatic heterocycles. The van der Waals surface area contributed by atoms with Gasteiger partial charge in [-0.15, -0.1) is 0 Å². The number of rotatable bonds is 8. The molecule has 1 aromatic rings. The Morgan fingerprint density at radius 3 is 2.68 bits per heavy atom. The lowest BCUT2D eigenvalue weighted by atomic mass is 10.2. The third-order valence-electron chi connectivity index (χ3n) is 5.92. The van der Waals surface area contributed by atoms with Crippen molar-refractivity contribution < 1.29 is 9.47 Å². The van der Waals surface area contributed by atoms with Crippen LogP contribution in [-0.4, -0.2) is 56.8 Å². The van der Waals surface area contributed by atoms with E-state index in [0.29, 0.717) is 18.7 Å². The molecule has 2 aliphatic rings. The summed E-state index contributed by atoms with van der Waals surface area (Å²) in [7, 11) is 3.52. The van der Waals surface area contributed by atoms with Gasteiger partial charge in [0.15, 0.2) is 17.5 Å². The van der Waals surface area contributed by atoms with Crippen molar-refractivity contribution in [2.45, 2.75) is 64.1 Å². The minimum absolute atomic E-state index is 0.333. The van der Waals surface area contributed by atoms with Crippen molar-refractivity contribution in [2.24, 2.45) is 4.99 Å². The van der Waals surface area contributed by atoms with E-state index in [4.69, 9.17) is 9.47 Å². The summed E-state index contributed by atoms with van der Waals surface area (Å²) in [5.74, 6) is 2.49. The molecule has 1 unspecified atom stereocenters. The lowest BCUT2D eigenvalue weighted by Crippen LogP contribution is -2.44. The summed E-state index contributed by atoms with van der Waals surface area (Å²) in [6.45, 7) is 6.20. The van der Waals surface area contributed by atoms with Crippen LogP contribution in [0.2, 0.25) is 0 Å². The third kappa shape index (κ3) is 5.53. The number of aliphatic imine (C=N–C) groups is 1. The van der Waals surface area contributed by atoms with Crippen LogP contribution in [-0.2, 0) is 6.54 Å². The number of ether oxygens (including phenoxy) is 2. The molecule has 6 nitrogen and oxygen atoms in total. The molecule has 2 fully saturated rings. The molecular formula is C22H36N4O2. The fourth-order valence-corrected chi connectivity index (χ4v) is 4.27. The lowest BCUT2D eigenvalue weighted by Gasteiger charge is -2.24. The highest BCUT2D eigenvalue weighted by Crippen LogP contribution is 2.32. The van der Waals surface area contributed by atoms with Gasteiger partial charge in [0.2, 0.25) is 0 Å². The van der Waals surface area contributed by atoms with Gasteiger partial charge < -0.3 is 20.1 Å². The zero-order valence-corrected chi connectivity index (χ0v) is 17.7. The number of methoxy groups -OCH3 is 1. The summed E-state index contributed by atoms with van der Waals surface area (Å²) >= 11 is 0. The number of likely N-dealkylation sites (tertiary alicyclic amines) is 1. The maximum Gasteiger partial charge on any atom is 0.191 e. The molecule has 1 atom stereocenters. The average molecular weight is 389 g/mol. The summed E-state index contributed by atoms with van der Waals surface area (Å²) in [5.41, 5.74) is 1.15. The predicted molar refractivity (Wildman–Crippen MR) is 114 cm³/mol. The second-order valence-electron chi connectivity index (χ2n) is 7.74. The molecule has 1 aliphatic carbocycles. The van der Waals surface area contributed by atoms with Gasteiger partial charge in [-0.25, -0.2) is 0 Å². The Kier molecular flexibility index (Phi) is 7.83. The highest BCUT2D eigenvalue weighted by atomic mass is 16.5. The molecule has 1 heterocycles. The van der Waals surface area contributed by atoms with Crippen LogP contribution in [0.5, 0.6) is 11.5 Å². The SMILES string of the molecule is CCN1CCCC1CNC(=NC)NCc1ccc(OC2CCCC2)c(OC)c1. The van der Waals surface area contributed by atoms with Crippen molar-refractivity contribution in [3.05, 3.63) is 23.8 Å². The first-order valence-electron chi connectivity index (χ1n) is 10.8. The molecule has 156 valence electrons. The molecule has 0 bridgehead atoms. The zero-order chi connectivity index (χ0) is 19.8. The molecule has 28 heavy (non-hydrogen) atoms. The number of guanidine groups is 1. The van der Waals surface area contributed by atoms with Crippen LogP contribution < -0.4 is 20.1 Å². The maximum atomic E-state index is 6.13. The topological polar surface area (TPSA) is 58.1 Å². The van der Waals surface area contributed by atoms with Crippen LogP contribution in [0.15, 0.2) is 23.2 Å². The highest BCUT2D eigenvalue weighted by Gasteiger charge is 2.23. The van der Waals surface area contributed by atoms with Crippen LogP contribution in [0.4, 0.5) is 0 Å². The Hall–Kier alpha value is -1.95. The normalized spacial score (nSPS) is 21.1. The fraction of sp³-hybridized carbons (Fsp3) is 0.682. The van der Waals surface area contributed by atoms with E-state index in [2.05, 4.69) is 39.6 Å². The molecule has 0 amide bonds. The molecule has 1 saturated carbocycles. The second kappa shape index (κ2) is 10.6. The average Bonchev–Trinajstić information content (AvgIpc) is 3.40. The molecular weight excluding hydrogens is 352 g/mol. The van der Waals surface area contributed by atoms with E-state index in [1.54, 1.807) is 7.11 Å². The summed E-state index contributed by atoms with van der Waals surface area (Å²) in [4.78, 5) is 6.90. The van der Waals surface area contributed by atoms with Crippen molar-refractivity contribution >= 4 is 5.96 Å². The third-order valence-corrected chi connectivity index (χ3v) is 5.92. The number of benzene rings is 1. The van der Waals surface area contributed by atoms with E-state index in [0.717, 1.165) is 49.0 Å². The van der Waals surface area contributed by atoms with E-state index in [1.165, 1.54) is 32.2 Å². The fourth-order valence-electron chi connectivity index (χ4n) is 4.27. The molecule has 0 radical (unpaired) electrons. The molecule has 0 spiro atoms. The van der Waals surface area contributed by atoms with E-state index in [9.17, 15) is 0 Å². The van der Waals surface area contributed by atoms with Gasteiger partial charge in [-0.1, -0.05) is 13.0 Å².